The van der Waals surface area contributed by atoms with Crippen LogP contribution in [0.3, 0.4) is 0 Å². The Balaban J connectivity index is 1.36. The summed E-state index contributed by atoms with van der Waals surface area (Å²) in [5, 5.41) is 3.09. The first-order chi connectivity index (χ1) is 14.2. The molecule has 0 radical (unpaired) electrons. The first-order valence-electron chi connectivity index (χ1n) is 9.68. The number of hydrogen-bond donors (Lipinski definition) is 1. The average molecular weight is 425 g/mol. The van der Waals surface area contributed by atoms with E-state index in [9.17, 15) is 4.79 Å². The monoisotopic (exact) mass is 424 g/mol. The molecule has 3 aromatic rings. The zero-order valence-electron chi connectivity index (χ0n) is 16.2. The van der Waals surface area contributed by atoms with Gasteiger partial charge in [0.1, 0.15) is 0 Å². The van der Waals surface area contributed by atoms with E-state index < -0.39 is 0 Å². The van der Waals surface area contributed by atoms with E-state index in [2.05, 4.69) is 38.8 Å². The molecule has 0 unspecified atom stereocenters. The number of thiazole rings is 1. The summed E-state index contributed by atoms with van der Waals surface area (Å²) >= 11 is 3.11. The van der Waals surface area contributed by atoms with Crippen LogP contribution in [0.25, 0.3) is 10.2 Å². The van der Waals surface area contributed by atoms with Crippen LogP contribution in [-0.4, -0.2) is 54.3 Å². The van der Waals surface area contributed by atoms with E-state index in [0.29, 0.717) is 5.75 Å². The first-order valence-corrected chi connectivity index (χ1v) is 11.5. The van der Waals surface area contributed by atoms with Crippen molar-refractivity contribution in [3.63, 3.8) is 0 Å². The topological polar surface area (TPSA) is 48.5 Å². The van der Waals surface area contributed by atoms with Gasteiger partial charge in [0, 0.05) is 32.7 Å². The summed E-state index contributed by atoms with van der Waals surface area (Å²) in [4.78, 5) is 21.9. The molecule has 1 amide bonds. The van der Waals surface area contributed by atoms with Gasteiger partial charge in [0.25, 0.3) is 0 Å². The van der Waals surface area contributed by atoms with Gasteiger partial charge in [-0.1, -0.05) is 42.1 Å². The molecule has 2 aromatic carbocycles. The molecule has 7 heteroatoms. The summed E-state index contributed by atoms with van der Waals surface area (Å²) in [6.45, 7) is 8.64. The molecule has 0 spiro atoms. The molecule has 0 aliphatic carbocycles. The standard InChI is InChI=1S/C22H24N4OS2/c1-2-11-25-12-14-26(15-13-25)19-9-5-3-7-17(19)23-21(27)16-28-22-24-18-8-4-6-10-20(18)29-22/h2-10H,1,11-16H2,(H,23,27). The molecule has 1 aliphatic rings. The normalized spacial score (nSPS) is 14.8. The third-order valence-corrected chi connectivity index (χ3v) is 7.06. The summed E-state index contributed by atoms with van der Waals surface area (Å²) in [6.07, 6.45) is 1.95. The highest BCUT2D eigenvalue weighted by Crippen LogP contribution is 2.30. The van der Waals surface area contributed by atoms with Crippen LogP contribution in [0.2, 0.25) is 0 Å². The number of benzene rings is 2. The predicted octanol–water partition coefficient (Wildman–Crippen LogP) is 4.34. The second-order valence-electron chi connectivity index (χ2n) is 6.88. The van der Waals surface area contributed by atoms with Crippen molar-refractivity contribution in [2.45, 2.75) is 4.34 Å². The molecule has 0 atom stereocenters. The van der Waals surface area contributed by atoms with Crippen LogP contribution in [0.1, 0.15) is 0 Å². The van der Waals surface area contributed by atoms with E-state index in [1.54, 1.807) is 11.3 Å². The van der Waals surface area contributed by atoms with Crippen LogP contribution >= 0.6 is 23.1 Å². The van der Waals surface area contributed by atoms with Crippen LogP contribution in [0.4, 0.5) is 11.4 Å². The first kappa shape index (κ1) is 19.9. The lowest BCUT2D eigenvalue weighted by molar-refractivity contribution is -0.113. The highest BCUT2D eigenvalue weighted by molar-refractivity contribution is 8.01. The maximum Gasteiger partial charge on any atom is 0.234 e. The molecule has 5 nitrogen and oxygen atoms in total. The maximum absolute atomic E-state index is 12.6. The molecule has 0 bridgehead atoms. The number of carbonyl (C=O) groups is 1. The summed E-state index contributed by atoms with van der Waals surface area (Å²) in [5.41, 5.74) is 2.95. The maximum atomic E-state index is 12.6. The predicted molar refractivity (Wildman–Crippen MR) is 124 cm³/mol. The van der Waals surface area contributed by atoms with Crippen molar-refractivity contribution < 1.29 is 4.79 Å². The molecule has 1 saturated heterocycles. The molecule has 29 heavy (non-hydrogen) atoms. The number of carbonyl (C=O) groups excluding carboxylic acids is 1. The van der Waals surface area contributed by atoms with Crippen LogP contribution in [-0.2, 0) is 4.79 Å². The van der Waals surface area contributed by atoms with Crippen molar-refractivity contribution in [2.24, 2.45) is 0 Å². The average Bonchev–Trinajstić information content (AvgIpc) is 3.17. The molecular formula is C22H24N4OS2. The smallest absolute Gasteiger partial charge is 0.234 e. The fourth-order valence-electron chi connectivity index (χ4n) is 3.44. The minimum Gasteiger partial charge on any atom is -0.367 e. The number of rotatable bonds is 7. The number of anilines is 2. The highest BCUT2D eigenvalue weighted by Gasteiger charge is 2.19. The van der Waals surface area contributed by atoms with Crippen molar-refractivity contribution in [3.8, 4) is 0 Å². The van der Waals surface area contributed by atoms with Crippen LogP contribution in [0.15, 0.2) is 65.5 Å². The Morgan fingerprint density at radius 3 is 2.69 bits per heavy atom. The van der Waals surface area contributed by atoms with Gasteiger partial charge in [-0.15, -0.1) is 17.9 Å². The van der Waals surface area contributed by atoms with Gasteiger partial charge in [0.05, 0.1) is 27.3 Å². The molecule has 1 N–H and O–H groups in total. The number of fused-ring (bicyclic) bond motifs is 1. The Morgan fingerprint density at radius 1 is 1.14 bits per heavy atom. The van der Waals surface area contributed by atoms with E-state index >= 15 is 0 Å². The van der Waals surface area contributed by atoms with Crippen molar-refractivity contribution >= 4 is 50.6 Å². The van der Waals surface area contributed by atoms with Gasteiger partial charge < -0.3 is 10.2 Å². The van der Waals surface area contributed by atoms with E-state index in [1.165, 1.54) is 11.8 Å². The lowest BCUT2D eigenvalue weighted by Gasteiger charge is -2.36. The Kier molecular flexibility index (Phi) is 6.49. The van der Waals surface area contributed by atoms with E-state index in [4.69, 9.17) is 0 Å². The van der Waals surface area contributed by atoms with Crippen LogP contribution in [0.5, 0.6) is 0 Å². The van der Waals surface area contributed by atoms with Crippen molar-refractivity contribution in [1.82, 2.24) is 9.88 Å². The summed E-state index contributed by atoms with van der Waals surface area (Å²) in [6, 6.07) is 16.1. The van der Waals surface area contributed by atoms with Gasteiger partial charge in [0.2, 0.25) is 5.91 Å². The van der Waals surface area contributed by atoms with Gasteiger partial charge >= 0.3 is 0 Å². The molecule has 4 rings (SSSR count). The summed E-state index contributed by atoms with van der Waals surface area (Å²) in [7, 11) is 0. The van der Waals surface area contributed by atoms with Gasteiger partial charge in [-0.25, -0.2) is 4.98 Å². The molecule has 1 aromatic heterocycles. The number of aromatic nitrogens is 1. The molecule has 2 heterocycles. The van der Waals surface area contributed by atoms with E-state index in [1.807, 2.05) is 42.5 Å². The number of para-hydroxylation sites is 3. The van der Waals surface area contributed by atoms with Crippen molar-refractivity contribution in [3.05, 3.63) is 61.2 Å². The summed E-state index contributed by atoms with van der Waals surface area (Å²) < 4.78 is 2.07. The minimum absolute atomic E-state index is 0.00741. The van der Waals surface area contributed by atoms with Gasteiger partial charge in [-0.05, 0) is 24.3 Å². The number of thioether (sulfide) groups is 1. The summed E-state index contributed by atoms with van der Waals surface area (Å²) in [5.74, 6) is 0.341. The second kappa shape index (κ2) is 9.43. The Hall–Kier alpha value is -2.35. The second-order valence-corrected chi connectivity index (χ2v) is 9.13. The lowest BCUT2D eigenvalue weighted by Crippen LogP contribution is -2.46. The molecule has 1 fully saturated rings. The minimum atomic E-state index is -0.00741. The quantitative estimate of drug-likeness (QED) is 0.452. The zero-order valence-corrected chi connectivity index (χ0v) is 17.8. The molecular weight excluding hydrogens is 400 g/mol. The zero-order chi connectivity index (χ0) is 20.1. The van der Waals surface area contributed by atoms with Gasteiger partial charge in [-0.2, -0.15) is 0 Å². The molecule has 1 aliphatic heterocycles. The lowest BCUT2D eigenvalue weighted by atomic mass is 10.2. The third kappa shape index (κ3) is 4.98. The largest absolute Gasteiger partial charge is 0.367 e. The third-order valence-electron chi connectivity index (χ3n) is 4.88. The fraction of sp³-hybridized carbons (Fsp3) is 0.273. The van der Waals surface area contributed by atoms with E-state index in [0.717, 1.165) is 58.7 Å². The van der Waals surface area contributed by atoms with Gasteiger partial charge in [0.15, 0.2) is 4.34 Å². The number of amides is 1. The van der Waals surface area contributed by atoms with Gasteiger partial charge in [-0.3, -0.25) is 9.69 Å². The number of hydrogen-bond acceptors (Lipinski definition) is 6. The SMILES string of the molecule is C=CCN1CCN(c2ccccc2NC(=O)CSc2nc3ccccc3s2)CC1. The van der Waals surface area contributed by atoms with Crippen LogP contribution < -0.4 is 10.2 Å². The number of nitrogens with zero attached hydrogens (tertiary/aromatic N) is 3. The van der Waals surface area contributed by atoms with Crippen molar-refractivity contribution in [1.29, 1.82) is 0 Å². The fourth-order valence-corrected chi connectivity index (χ4v) is 5.30. The Bertz CT molecular complexity index is 962. The van der Waals surface area contributed by atoms with E-state index in [-0.39, 0.29) is 5.91 Å². The Morgan fingerprint density at radius 2 is 1.90 bits per heavy atom. The highest BCUT2D eigenvalue weighted by atomic mass is 32.2. The van der Waals surface area contributed by atoms with Crippen LogP contribution in [0, 0.1) is 0 Å². The van der Waals surface area contributed by atoms with Crippen molar-refractivity contribution in [2.75, 3.05) is 48.7 Å². The molecule has 150 valence electrons. The number of nitrogens with one attached hydrogen (secondary N) is 1. The number of piperazine rings is 1. The Labute approximate surface area is 179 Å². The molecule has 0 saturated carbocycles.